The van der Waals surface area contributed by atoms with Gasteiger partial charge in [-0.25, -0.2) is 0 Å². The van der Waals surface area contributed by atoms with Crippen molar-refractivity contribution in [3.63, 3.8) is 0 Å². The first-order chi connectivity index (χ1) is 8.84. The molecule has 2 heterocycles. The van der Waals surface area contributed by atoms with E-state index in [0.29, 0.717) is 0 Å². The lowest BCUT2D eigenvalue weighted by Gasteiger charge is -2.21. The third-order valence-electron chi connectivity index (χ3n) is 3.40. The zero-order chi connectivity index (χ0) is 12.4. The summed E-state index contributed by atoms with van der Waals surface area (Å²) in [7, 11) is 0. The SMILES string of the molecule is O=C(Nc1cccc2cn[nH]c12)C1CCCNC1. The number of hydrogen-bond acceptors (Lipinski definition) is 3. The fourth-order valence-corrected chi connectivity index (χ4v) is 2.38. The van der Waals surface area contributed by atoms with Crippen LogP contribution in [0.1, 0.15) is 12.8 Å². The van der Waals surface area contributed by atoms with E-state index in [1.807, 2.05) is 18.2 Å². The highest BCUT2D eigenvalue weighted by Gasteiger charge is 2.21. The molecule has 3 rings (SSSR count). The highest BCUT2D eigenvalue weighted by atomic mass is 16.1. The van der Waals surface area contributed by atoms with Crippen molar-refractivity contribution in [2.24, 2.45) is 5.92 Å². The van der Waals surface area contributed by atoms with Gasteiger partial charge in [-0.1, -0.05) is 12.1 Å². The molecule has 18 heavy (non-hydrogen) atoms. The van der Waals surface area contributed by atoms with Crippen LogP contribution in [-0.2, 0) is 4.79 Å². The largest absolute Gasteiger partial charge is 0.324 e. The second kappa shape index (κ2) is 4.78. The topological polar surface area (TPSA) is 69.8 Å². The van der Waals surface area contributed by atoms with Crippen LogP contribution in [0.25, 0.3) is 10.9 Å². The van der Waals surface area contributed by atoms with Crippen molar-refractivity contribution in [1.82, 2.24) is 15.5 Å². The van der Waals surface area contributed by atoms with Gasteiger partial charge in [-0.05, 0) is 25.5 Å². The van der Waals surface area contributed by atoms with Gasteiger partial charge in [-0.2, -0.15) is 5.10 Å². The Morgan fingerprint density at radius 2 is 2.39 bits per heavy atom. The van der Waals surface area contributed by atoms with Crippen LogP contribution in [0, 0.1) is 5.92 Å². The normalized spacial score (nSPS) is 19.9. The van der Waals surface area contributed by atoms with Crippen LogP contribution in [0.5, 0.6) is 0 Å². The minimum absolute atomic E-state index is 0.0666. The summed E-state index contributed by atoms with van der Waals surface area (Å²) in [4.78, 5) is 12.1. The zero-order valence-electron chi connectivity index (χ0n) is 10.1. The molecule has 3 N–H and O–H groups in total. The van der Waals surface area contributed by atoms with E-state index < -0.39 is 0 Å². The molecule has 0 bridgehead atoms. The molecule has 5 nitrogen and oxygen atoms in total. The third-order valence-corrected chi connectivity index (χ3v) is 3.40. The Morgan fingerprint density at radius 3 is 3.22 bits per heavy atom. The van der Waals surface area contributed by atoms with E-state index in [0.717, 1.165) is 42.5 Å². The summed E-state index contributed by atoms with van der Waals surface area (Å²) in [5, 5.41) is 14.2. The Bertz CT molecular complexity index is 557. The molecule has 1 fully saturated rings. The zero-order valence-corrected chi connectivity index (χ0v) is 10.1. The number of carbonyl (C=O) groups excluding carboxylic acids is 1. The number of anilines is 1. The minimum atomic E-state index is 0.0666. The van der Waals surface area contributed by atoms with Gasteiger partial charge in [0.1, 0.15) is 0 Å². The van der Waals surface area contributed by atoms with Gasteiger partial charge in [0.2, 0.25) is 5.91 Å². The molecule has 1 aliphatic heterocycles. The molecule has 0 radical (unpaired) electrons. The second-order valence-electron chi connectivity index (χ2n) is 4.67. The van der Waals surface area contributed by atoms with Crippen LogP contribution in [0.3, 0.4) is 0 Å². The van der Waals surface area contributed by atoms with Crippen molar-refractivity contribution < 1.29 is 4.79 Å². The number of amides is 1. The van der Waals surface area contributed by atoms with E-state index >= 15 is 0 Å². The third kappa shape index (κ3) is 2.09. The van der Waals surface area contributed by atoms with Crippen LogP contribution in [-0.4, -0.2) is 29.2 Å². The maximum Gasteiger partial charge on any atom is 0.228 e. The minimum Gasteiger partial charge on any atom is -0.324 e. The van der Waals surface area contributed by atoms with Crippen molar-refractivity contribution in [3.8, 4) is 0 Å². The number of piperidine rings is 1. The standard InChI is InChI=1S/C13H16N4O/c18-13(10-4-2-6-14-7-10)16-11-5-1-3-9-8-15-17-12(9)11/h1,3,5,8,10,14H,2,4,6-7H2,(H,15,17)(H,16,18). The quantitative estimate of drug-likeness (QED) is 0.749. The van der Waals surface area contributed by atoms with Gasteiger partial charge in [-0.15, -0.1) is 0 Å². The summed E-state index contributed by atoms with van der Waals surface area (Å²) >= 11 is 0. The van der Waals surface area contributed by atoms with Gasteiger partial charge >= 0.3 is 0 Å². The Labute approximate surface area is 105 Å². The molecular weight excluding hydrogens is 228 g/mol. The monoisotopic (exact) mass is 244 g/mol. The molecular formula is C13H16N4O. The van der Waals surface area contributed by atoms with Crippen molar-refractivity contribution in [2.45, 2.75) is 12.8 Å². The molecule has 1 atom stereocenters. The number of aromatic nitrogens is 2. The van der Waals surface area contributed by atoms with Gasteiger partial charge in [0.25, 0.3) is 0 Å². The van der Waals surface area contributed by atoms with Crippen molar-refractivity contribution in [3.05, 3.63) is 24.4 Å². The number of carbonyl (C=O) groups is 1. The van der Waals surface area contributed by atoms with Gasteiger partial charge in [0, 0.05) is 11.9 Å². The lowest BCUT2D eigenvalue weighted by molar-refractivity contribution is -0.120. The number of hydrogen-bond donors (Lipinski definition) is 3. The Hall–Kier alpha value is -1.88. The lowest BCUT2D eigenvalue weighted by Crippen LogP contribution is -2.37. The van der Waals surface area contributed by atoms with Crippen LogP contribution in [0.2, 0.25) is 0 Å². The fraction of sp³-hybridized carbons (Fsp3) is 0.385. The van der Waals surface area contributed by atoms with Gasteiger partial charge < -0.3 is 10.6 Å². The predicted molar refractivity (Wildman–Crippen MR) is 70.3 cm³/mol. The molecule has 0 aliphatic carbocycles. The average molecular weight is 244 g/mol. The molecule has 0 saturated carbocycles. The molecule has 1 unspecified atom stereocenters. The Kier molecular flexibility index (Phi) is 2.98. The average Bonchev–Trinajstić information content (AvgIpc) is 2.89. The molecule has 94 valence electrons. The van der Waals surface area contributed by atoms with Crippen LogP contribution in [0.4, 0.5) is 5.69 Å². The summed E-state index contributed by atoms with van der Waals surface area (Å²) in [6.45, 7) is 1.78. The van der Waals surface area contributed by atoms with Crippen LogP contribution in [0.15, 0.2) is 24.4 Å². The Balaban J connectivity index is 1.79. The molecule has 1 aromatic carbocycles. The molecule has 2 aromatic rings. The summed E-state index contributed by atoms with van der Waals surface area (Å²) in [6, 6.07) is 5.79. The van der Waals surface area contributed by atoms with E-state index in [1.54, 1.807) is 6.20 Å². The molecule has 0 spiro atoms. The number of nitrogens with zero attached hydrogens (tertiary/aromatic N) is 1. The predicted octanol–water partition coefficient (Wildman–Crippen LogP) is 1.50. The van der Waals surface area contributed by atoms with Crippen molar-refractivity contribution in [1.29, 1.82) is 0 Å². The maximum absolute atomic E-state index is 12.1. The summed E-state index contributed by atoms with van der Waals surface area (Å²) in [5.41, 5.74) is 1.69. The highest BCUT2D eigenvalue weighted by molar-refractivity contribution is 6.01. The number of H-pyrrole nitrogens is 1. The molecule has 5 heteroatoms. The lowest BCUT2D eigenvalue weighted by atomic mass is 9.99. The van der Waals surface area contributed by atoms with E-state index in [9.17, 15) is 4.79 Å². The van der Waals surface area contributed by atoms with E-state index in [-0.39, 0.29) is 11.8 Å². The van der Waals surface area contributed by atoms with Gasteiger partial charge in [0.15, 0.2) is 0 Å². The highest BCUT2D eigenvalue weighted by Crippen LogP contribution is 2.22. The van der Waals surface area contributed by atoms with Gasteiger partial charge in [-0.3, -0.25) is 9.89 Å². The number of nitrogens with one attached hydrogen (secondary N) is 3. The summed E-state index contributed by atoms with van der Waals surface area (Å²) < 4.78 is 0. The molecule has 1 amide bonds. The second-order valence-corrected chi connectivity index (χ2v) is 4.67. The van der Waals surface area contributed by atoms with E-state index in [1.165, 1.54) is 0 Å². The van der Waals surface area contributed by atoms with Crippen LogP contribution < -0.4 is 10.6 Å². The van der Waals surface area contributed by atoms with E-state index in [2.05, 4.69) is 20.8 Å². The van der Waals surface area contributed by atoms with Crippen LogP contribution >= 0.6 is 0 Å². The molecule has 1 aromatic heterocycles. The number of benzene rings is 1. The van der Waals surface area contributed by atoms with Crippen molar-refractivity contribution in [2.75, 3.05) is 18.4 Å². The number of rotatable bonds is 2. The summed E-state index contributed by atoms with van der Waals surface area (Å²) in [6.07, 6.45) is 3.78. The molecule has 1 saturated heterocycles. The first kappa shape index (κ1) is 11.2. The number of fused-ring (bicyclic) bond motifs is 1. The maximum atomic E-state index is 12.1. The number of aromatic amines is 1. The molecule has 1 aliphatic rings. The fourth-order valence-electron chi connectivity index (χ4n) is 2.38. The van der Waals surface area contributed by atoms with Gasteiger partial charge in [0.05, 0.1) is 23.3 Å². The number of para-hydroxylation sites is 1. The Morgan fingerprint density at radius 1 is 1.44 bits per heavy atom. The van der Waals surface area contributed by atoms with E-state index in [4.69, 9.17) is 0 Å². The smallest absolute Gasteiger partial charge is 0.228 e. The first-order valence-corrected chi connectivity index (χ1v) is 6.28. The summed E-state index contributed by atoms with van der Waals surface area (Å²) in [5.74, 6) is 0.154. The first-order valence-electron chi connectivity index (χ1n) is 6.28. The van der Waals surface area contributed by atoms with Crippen molar-refractivity contribution >= 4 is 22.5 Å².